The van der Waals surface area contributed by atoms with Gasteiger partial charge in [0.15, 0.2) is 0 Å². The van der Waals surface area contributed by atoms with E-state index in [9.17, 15) is 4.79 Å². The van der Waals surface area contributed by atoms with Gasteiger partial charge in [-0.05, 0) is 19.9 Å². The Hall–Kier alpha value is -2.32. The van der Waals surface area contributed by atoms with Gasteiger partial charge < -0.3 is 4.57 Å². The number of anilines is 1. The van der Waals surface area contributed by atoms with Crippen LogP contribution in [0.5, 0.6) is 0 Å². The lowest BCUT2D eigenvalue weighted by Gasteiger charge is -2.41. The van der Waals surface area contributed by atoms with E-state index in [1.807, 2.05) is 26.4 Å². The van der Waals surface area contributed by atoms with Gasteiger partial charge in [0.2, 0.25) is 11.9 Å². The molecule has 1 N–H and O–H groups in total. The van der Waals surface area contributed by atoms with Gasteiger partial charge in [-0.15, -0.1) is 0 Å². The molecular formula is C17H25N7O. The molecule has 0 unspecified atom stereocenters. The smallest absolute Gasteiger partial charge is 0.243 e. The number of nitrogens with one attached hydrogen (secondary N) is 1. The van der Waals surface area contributed by atoms with Gasteiger partial charge in [0.1, 0.15) is 5.82 Å². The number of amides is 1. The van der Waals surface area contributed by atoms with Crippen LogP contribution in [0.25, 0.3) is 0 Å². The Labute approximate surface area is 147 Å². The van der Waals surface area contributed by atoms with E-state index in [0.717, 1.165) is 32.0 Å². The van der Waals surface area contributed by atoms with Crippen molar-refractivity contribution < 1.29 is 4.79 Å². The summed E-state index contributed by atoms with van der Waals surface area (Å²) in [6, 6.07) is 1.86. The second kappa shape index (κ2) is 7.71. The fourth-order valence-corrected chi connectivity index (χ4v) is 3.08. The number of nitrogens with zero attached hydrogens (tertiary/aromatic N) is 6. The first-order valence-electron chi connectivity index (χ1n) is 8.57. The summed E-state index contributed by atoms with van der Waals surface area (Å²) in [5, 5.41) is 2.78. The lowest BCUT2D eigenvalue weighted by Crippen LogP contribution is -2.56. The van der Waals surface area contributed by atoms with Gasteiger partial charge in [-0.3, -0.25) is 19.9 Å². The van der Waals surface area contributed by atoms with E-state index in [2.05, 4.69) is 41.6 Å². The third-order valence-electron chi connectivity index (χ3n) is 4.79. The minimum atomic E-state index is -0.221. The first-order valence-corrected chi connectivity index (χ1v) is 8.57. The third kappa shape index (κ3) is 4.21. The SMILES string of the molecule is C[C@@H]1CN([C@@H](C)C(=O)Nc2ncccn2)CCN1Cc1nccn1C. The molecule has 0 saturated carbocycles. The summed E-state index contributed by atoms with van der Waals surface area (Å²) in [5.74, 6) is 1.34. The van der Waals surface area contributed by atoms with E-state index >= 15 is 0 Å². The molecule has 2 aromatic heterocycles. The van der Waals surface area contributed by atoms with E-state index < -0.39 is 0 Å². The highest BCUT2D eigenvalue weighted by atomic mass is 16.2. The fraction of sp³-hybridized carbons (Fsp3) is 0.529. The molecule has 1 aliphatic heterocycles. The number of aryl methyl sites for hydroxylation is 1. The van der Waals surface area contributed by atoms with Crippen molar-refractivity contribution in [1.29, 1.82) is 0 Å². The Balaban J connectivity index is 1.54. The Kier molecular flexibility index (Phi) is 5.40. The van der Waals surface area contributed by atoms with Crippen LogP contribution in [0.2, 0.25) is 0 Å². The molecule has 1 aliphatic rings. The highest BCUT2D eigenvalue weighted by Crippen LogP contribution is 2.15. The van der Waals surface area contributed by atoms with Crippen molar-refractivity contribution in [3.8, 4) is 0 Å². The van der Waals surface area contributed by atoms with Crippen LogP contribution in [-0.4, -0.2) is 66.9 Å². The van der Waals surface area contributed by atoms with Crippen LogP contribution in [0, 0.1) is 0 Å². The fourth-order valence-electron chi connectivity index (χ4n) is 3.08. The molecule has 0 aromatic carbocycles. The van der Waals surface area contributed by atoms with Gasteiger partial charge in [-0.25, -0.2) is 15.0 Å². The Morgan fingerprint density at radius 2 is 2.04 bits per heavy atom. The second-order valence-corrected chi connectivity index (χ2v) is 6.51. The minimum Gasteiger partial charge on any atom is -0.337 e. The molecular weight excluding hydrogens is 318 g/mol. The van der Waals surface area contributed by atoms with Gasteiger partial charge in [-0.2, -0.15) is 0 Å². The summed E-state index contributed by atoms with van der Waals surface area (Å²) in [6.45, 7) is 7.55. The number of rotatable bonds is 5. The number of aromatic nitrogens is 4. The van der Waals surface area contributed by atoms with Crippen LogP contribution in [0.3, 0.4) is 0 Å². The van der Waals surface area contributed by atoms with E-state index in [1.54, 1.807) is 18.5 Å². The Morgan fingerprint density at radius 1 is 1.28 bits per heavy atom. The molecule has 8 nitrogen and oxygen atoms in total. The zero-order valence-electron chi connectivity index (χ0n) is 15.0. The minimum absolute atomic E-state index is 0.0732. The maximum Gasteiger partial charge on any atom is 0.243 e. The summed E-state index contributed by atoms with van der Waals surface area (Å²) in [6.07, 6.45) is 7.03. The Morgan fingerprint density at radius 3 is 2.68 bits per heavy atom. The number of hydrogen-bond acceptors (Lipinski definition) is 6. The topological polar surface area (TPSA) is 79.2 Å². The van der Waals surface area contributed by atoms with E-state index in [-0.39, 0.29) is 11.9 Å². The van der Waals surface area contributed by atoms with Crippen molar-refractivity contribution in [1.82, 2.24) is 29.3 Å². The number of carbonyl (C=O) groups excluding carboxylic acids is 1. The second-order valence-electron chi connectivity index (χ2n) is 6.51. The Bertz CT molecular complexity index is 702. The first-order chi connectivity index (χ1) is 12.0. The summed E-state index contributed by atoms with van der Waals surface area (Å²) in [4.78, 5) is 29.5. The van der Waals surface area contributed by atoms with Gasteiger partial charge in [0.25, 0.3) is 0 Å². The van der Waals surface area contributed by atoms with Crippen molar-refractivity contribution in [2.45, 2.75) is 32.5 Å². The lowest BCUT2D eigenvalue weighted by molar-refractivity contribution is -0.122. The van der Waals surface area contributed by atoms with Gasteiger partial charge >= 0.3 is 0 Å². The molecule has 2 atom stereocenters. The average molecular weight is 343 g/mol. The highest BCUT2D eigenvalue weighted by molar-refractivity contribution is 5.93. The summed E-state index contributed by atoms with van der Waals surface area (Å²) in [7, 11) is 2.02. The van der Waals surface area contributed by atoms with Crippen molar-refractivity contribution in [3.05, 3.63) is 36.7 Å². The average Bonchev–Trinajstić information content (AvgIpc) is 3.01. The number of hydrogen-bond donors (Lipinski definition) is 1. The predicted octanol–water partition coefficient (Wildman–Crippen LogP) is 0.743. The molecule has 0 radical (unpaired) electrons. The molecule has 3 heterocycles. The molecule has 25 heavy (non-hydrogen) atoms. The van der Waals surface area contributed by atoms with E-state index in [4.69, 9.17) is 0 Å². The normalized spacial score (nSPS) is 20.4. The van der Waals surface area contributed by atoms with Crippen LogP contribution >= 0.6 is 0 Å². The van der Waals surface area contributed by atoms with Gasteiger partial charge in [-0.1, -0.05) is 0 Å². The van der Waals surface area contributed by atoms with Crippen molar-refractivity contribution in [2.75, 3.05) is 25.0 Å². The largest absolute Gasteiger partial charge is 0.337 e. The summed E-state index contributed by atoms with van der Waals surface area (Å²) in [5.41, 5.74) is 0. The molecule has 0 bridgehead atoms. The zero-order valence-corrected chi connectivity index (χ0v) is 15.0. The highest BCUT2D eigenvalue weighted by Gasteiger charge is 2.30. The monoisotopic (exact) mass is 343 g/mol. The van der Waals surface area contributed by atoms with Gasteiger partial charge in [0, 0.05) is 57.5 Å². The molecule has 134 valence electrons. The predicted molar refractivity (Wildman–Crippen MR) is 94.8 cm³/mol. The van der Waals surface area contributed by atoms with E-state index in [0.29, 0.717) is 12.0 Å². The molecule has 0 spiro atoms. The molecule has 1 saturated heterocycles. The summed E-state index contributed by atoms with van der Waals surface area (Å²) < 4.78 is 2.05. The lowest BCUT2D eigenvalue weighted by atomic mass is 10.1. The number of carbonyl (C=O) groups is 1. The van der Waals surface area contributed by atoms with Crippen molar-refractivity contribution in [3.63, 3.8) is 0 Å². The van der Waals surface area contributed by atoms with Crippen LogP contribution in [0.15, 0.2) is 30.9 Å². The third-order valence-corrected chi connectivity index (χ3v) is 4.79. The maximum absolute atomic E-state index is 12.4. The van der Waals surface area contributed by atoms with Crippen LogP contribution < -0.4 is 5.32 Å². The first kappa shape index (κ1) is 17.5. The van der Waals surface area contributed by atoms with Crippen LogP contribution in [-0.2, 0) is 18.4 Å². The molecule has 0 aliphatic carbocycles. The molecule has 1 fully saturated rings. The van der Waals surface area contributed by atoms with Crippen LogP contribution in [0.1, 0.15) is 19.7 Å². The summed E-state index contributed by atoms with van der Waals surface area (Å²) >= 11 is 0. The standard InChI is InChI=1S/C17H25N7O/c1-13-11-24(10-9-23(13)12-15-18-7-8-22(15)3)14(2)16(25)21-17-19-5-4-6-20-17/h4-8,13-14H,9-12H2,1-3H3,(H,19,20,21,25)/t13-,14+/m1/s1. The van der Waals surface area contributed by atoms with Gasteiger partial charge in [0.05, 0.1) is 12.6 Å². The molecule has 8 heteroatoms. The number of piperazine rings is 1. The molecule has 1 amide bonds. The van der Waals surface area contributed by atoms with E-state index in [1.165, 1.54) is 0 Å². The van der Waals surface area contributed by atoms with Crippen molar-refractivity contribution in [2.24, 2.45) is 7.05 Å². The van der Waals surface area contributed by atoms with Crippen molar-refractivity contribution >= 4 is 11.9 Å². The maximum atomic E-state index is 12.4. The molecule has 3 rings (SSSR count). The zero-order chi connectivity index (χ0) is 17.8. The van der Waals surface area contributed by atoms with Crippen LogP contribution in [0.4, 0.5) is 5.95 Å². The molecule has 2 aromatic rings. The number of imidazole rings is 1. The quantitative estimate of drug-likeness (QED) is 0.863.